The van der Waals surface area contributed by atoms with Gasteiger partial charge >= 0.3 is 11.7 Å². The van der Waals surface area contributed by atoms with E-state index in [0.717, 1.165) is 11.6 Å². The number of carbonyl (C=O) groups is 3. The summed E-state index contributed by atoms with van der Waals surface area (Å²) in [5.74, 6) is -0.952. The Kier molecular flexibility index (Phi) is 6.59. The van der Waals surface area contributed by atoms with Gasteiger partial charge in [-0.25, -0.2) is 4.79 Å². The van der Waals surface area contributed by atoms with Crippen molar-refractivity contribution in [2.45, 2.75) is 19.6 Å². The predicted octanol–water partition coefficient (Wildman–Crippen LogP) is 2.20. The molecule has 9 heteroatoms. The van der Waals surface area contributed by atoms with Gasteiger partial charge in [0.05, 0.1) is 4.92 Å². The van der Waals surface area contributed by atoms with Crippen molar-refractivity contribution < 1.29 is 24.0 Å². The lowest BCUT2D eigenvalue weighted by molar-refractivity contribution is -0.386. The van der Waals surface area contributed by atoms with E-state index in [-0.39, 0.29) is 17.9 Å². The van der Waals surface area contributed by atoms with Gasteiger partial charge in [0.2, 0.25) is 0 Å². The second kappa shape index (κ2) is 9.09. The first-order valence-corrected chi connectivity index (χ1v) is 7.93. The molecule has 140 valence electrons. The van der Waals surface area contributed by atoms with Crippen LogP contribution >= 0.6 is 0 Å². The van der Waals surface area contributed by atoms with Crippen molar-refractivity contribution in [3.05, 3.63) is 69.8 Å². The Morgan fingerprint density at radius 3 is 2.56 bits per heavy atom. The number of hydrogen-bond acceptors (Lipinski definition) is 6. The molecule has 0 unspecified atom stereocenters. The Bertz CT molecular complexity index is 853. The van der Waals surface area contributed by atoms with E-state index in [4.69, 9.17) is 4.74 Å². The van der Waals surface area contributed by atoms with Crippen LogP contribution in [0.2, 0.25) is 0 Å². The maximum absolute atomic E-state index is 12.1. The van der Waals surface area contributed by atoms with Crippen LogP contribution in [0.15, 0.2) is 48.5 Å². The van der Waals surface area contributed by atoms with Crippen LogP contribution in [-0.4, -0.2) is 29.3 Å². The molecule has 1 atom stereocenters. The van der Waals surface area contributed by atoms with Gasteiger partial charge in [0.25, 0.3) is 5.91 Å². The first-order valence-electron chi connectivity index (χ1n) is 7.93. The van der Waals surface area contributed by atoms with E-state index in [1.807, 2.05) is 30.3 Å². The lowest BCUT2D eigenvalue weighted by Crippen LogP contribution is -2.44. The Morgan fingerprint density at radius 2 is 1.93 bits per heavy atom. The molecule has 0 aliphatic rings. The van der Waals surface area contributed by atoms with Crippen molar-refractivity contribution >= 4 is 23.9 Å². The number of nitrogens with one attached hydrogen (secondary N) is 2. The van der Waals surface area contributed by atoms with Crippen LogP contribution in [-0.2, 0) is 11.3 Å². The highest BCUT2D eigenvalue weighted by atomic mass is 16.6. The number of rotatable bonds is 7. The lowest BCUT2D eigenvalue weighted by atomic mass is 10.2. The molecule has 2 rings (SSSR count). The molecule has 0 fully saturated rings. The largest absolute Gasteiger partial charge is 0.474 e. The molecule has 0 radical (unpaired) electrons. The number of hydrogen-bond donors (Lipinski definition) is 2. The van der Waals surface area contributed by atoms with E-state index >= 15 is 0 Å². The van der Waals surface area contributed by atoms with Gasteiger partial charge in [-0.2, -0.15) is 0 Å². The number of nitro groups is 1. The molecule has 0 aliphatic heterocycles. The van der Waals surface area contributed by atoms with E-state index in [0.29, 0.717) is 6.29 Å². The van der Waals surface area contributed by atoms with Gasteiger partial charge in [-0.15, -0.1) is 0 Å². The molecule has 0 saturated carbocycles. The van der Waals surface area contributed by atoms with E-state index in [9.17, 15) is 24.5 Å². The molecule has 27 heavy (non-hydrogen) atoms. The highest BCUT2D eigenvalue weighted by molar-refractivity contribution is 5.96. The second-order valence-electron chi connectivity index (χ2n) is 5.52. The average molecular weight is 371 g/mol. The first kappa shape index (κ1) is 19.6. The Balaban J connectivity index is 1.94. The van der Waals surface area contributed by atoms with E-state index in [1.54, 1.807) is 0 Å². The van der Waals surface area contributed by atoms with Crippen LogP contribution in [0.3, 0.4) is 0 Å². The zero-order chi connectivity index (χ0) is 19.8. The van der Waals surface area contributed by atoms with Gasteiger partial charge in [0.1, 0.15) is 6.29 Å². The number of carbonyl (C=O) groups excluding carboxylic acids is 3. The van der Waals surface area contributed by atoms with Crippen molar-refractivity contribution in [2.24, 2.45) is 0 Å². The van der Waals surface area contributed by atoms with E-state index < -0.39 is 28.7 Å². The molecule has 0 spiro atoms. The minimum Gasteiger partial charge on any atom is -0.474 e. The lowest BCUT2D eigenvalue weighted by Gasteiger charge is -2.14. The monoisotopic (exact) mass is 371 g/mol. The Labute approximate surface area is 154 Å². The molecule has 2 aromatic rings. The van der Waals surface area contributed by atoms with Crippen molar-refractivity contribution in [3.8, 4) is 5.75 Å². The van der Waals surface area contributed by atoms with E-state index in [2.05, 4.69) is 10.6 Å². The summed E-state index contributed by atoms with van der Waals surface area (Å²) in [5.41, 5.74) is 0.509. The molecule has 0 saturated heterocycles. The summed E-state index contributed by atoms with van der Waals surface area (Å²) in [6, 6.07) is 12.0. The fraction of sp³-hybridized carbons (Fsp3) is 0.167. The van der Waals surface area contributed by atoms with Crippen molar-refractivity contribution in [2.75, 3.05) is 0 Å². The molecule has 9 nitrogen and oxygen atoms in total. The number of urea groups is 1. The SMILES string of the molecule is C[C@@H](Oc1ccc(C=O)cc1[N+](=O)[O-])C(=O)NC(=O)NCc1ccccc1. The number of nitrogens with zero attached hydrogens (tertiary/aromatic N) is 1. The molecule has 0 bridgehead atoms. The highest BCUT2D eigenvalue weighted by Gasteiger charge is 2.22. The summed E-state index contributed by atoms with van der Waals surface area (Å²) >= 11 is 0. The number of amides is 3. The summed E-state index contributed by atoms with van der Waals surface area (Å²) in [7, 11) is 0. The summed E-state index contributed by atoms with van der Waals surface area (Å²) < 4.78 is 5.28. The van der Waals surface area contributed by atoms with Crippen molar-refractivity contribution in [1.29, 1.82) is 0 Å². The van der Waals surface area contributed by atoms with Gasteiger partial charge in [-0.05, 0) is 24.6 Å². The number of aldehydes is 1. The zero-order valence-corrected chi connectivity index (χ0v) is 14.4. The molecule has 0 heterocycles. The average Bonchev–Trinajstić information content (AvgIpc) is 2.67. The van der Waals surface area contributed by atoms with Crippen LogP contribution in [0, 0.1) is 10.1 Å². The van der Waals surface area contributed by atoms with Gasteiger partial charge in [0.15, 0.2) is 11.9 Å². The van der Waals surface area contributed by atoms with Crippen LogP contribution < -0.4 is 15.4 Å². The maximum Gasteiger partial charge on any atom is 0.321 e. The number of benzene rings is 2. The quantitative estimate of drug-likeness (QED) is 0.436. The zero-order valence-electron chi connectivity index (χ0n) is 14.4. The van der Waals surface area contributed by atoms with Crippen molar-refractivity contribution in [1.82, 2.24) is 10.6 Å². The number of nitro benzene ring substituents is 1. The summed E-state index contributed by atoms with van der Waals surface area (Å²) in [6.45, 7) is 1.57. The van der Waals surface area contributed by atoms with Crippen LogP contribution in [0.25, 0.3) is 0 Å². The van der Waals surface area contributed by atoms with Crippen LogP contribution in [0.4, 0.5) is 10.5 Å². The van der Waals surface area contributed by atoms with Gasteiger partial charge in [0, 0.05) is 18.2 Å². The molecule has 0 aliphatic carbocycles. The second-order valence-corrected chi connectivity index (χ2v) is 5.52. The molecule has 0 aromatic heterocycles. The topological polar surface area (TPSA) is 128 Å². The summed E-state index contributed by atoms with van der Waals surface area (Å²) in [4.78, 5) is 44.9. The standard InChI is InChI=1S/C18H17N3O6/c1-12(27-16-8-7-14(11-22)9-15(16)21(25)26)17(23)20-18(24)19-10-13-5-3-2-4-6-13/h2-9,11-12H,10H2,1H3,(H2,19,20,23,24)/t12-/m1/s1. The minimum atomic E-state index is -1.17. The van der Waals surface area contributed by atoms with Gasteiger partial charge in [-0.1, -0.05) is 30.3 Å². The highest BCUT2D eigenvalue weighted by Crippen LogP contribution is 2.28. The van der Waals surface area contributed by atoms with Gasteiger partial charge in [-0.3, -0.25) is 25.0 Å². The molecule has 3 amide bonds. The summed E-state index contributed by atoms with van der Waals surface area (Å²) in [5, 5.41) is 15.7. The molecular formula is C18H17N3O6. The fourth-order valence-corrected chi connectivity index (χ4v) is 2.13. The summed E-state index contributed by atoms with van der Waals surface area (Å²) in [6.07, 6.45) is -0.711. The normalized spacial score (nSPS) is 11.1. The third-order valence-corrected chi connectivity index (χ3v) is 3.52. The molecule has 2 aromatic carbocycles. The third kappa shape index (κ3) is 5.63. The van der Waals surface area contributed by atoms with Crippen LogP contribution in [0.1, 0.15) is 22.8 Å². The number of imide groups is 1. The molecular weight excluding hydrogens is 354 g/mol. The van der Waals surface area contributed by atoms with E-state index in [1.165, 1.54) is 19.1 Å². The smallest absolute Gasteiger partial charge is 0.321 e. The predicted molar refractivity (Wildman–Crippen MR) is 95.4 cm³/mol. The first-order chi connectivity index (χ1) is 12.9. The Hall–Kier alpha value is -3.75. The van der Waals surface area contributed by atoms with Gasteiger partial charge < -0.3 is 10.1 Å². The molecule has 2 N–H and O–H groups in total. The fourth-order valence-electron chi connectivity index (χ4n) is 2.13. The minimum absolute atomic E-state index is 0.103. The van der Waals surface area contributed by atoms with Crippen LogP contribution in [0.5, 0.6) is 5.75 Å². The van der Waals surface area contributed by atoms with Crippen molar-refractivity contribution in [3.63, 3.8) is 0 Å². The number of ether oxygens (including phenoxy) is 1. The Morgan fingerprint density at radius 1 is 1.22 bits per heavy atom. The maximum atomic E-state index is 12.1. The third-order valence-electron chi connectivity index (χ3n) is 3.52.